The first-order chi connectivity index (χ1) is 5.35. The molecule has 0 aromatic rings. The summed E-state index contributed by atoms with van der Waals surface area (Å²) in [4.78, 5) is 0. The molecule has 0 unspecified atom stereocenters. The van der Waals surface area contributed by atoms with Crippen molar-refractivity contribution < 1.29 is 14.0 Å². The van der Waals surface area contributed by atoms with Gasteiger partial charge in [-0.15, -0.1) is 11.8 Å². The molecule has 0 bridgehead atoms. The van der Waals surface area contributed by atoms with Crippen molar-refractivity contribution in [2.75, 3.05) is 20.8 Å². The van der Waals surface area contributed by atoms with Gasteiger partial charge >= 0.3 is 7.32 Å². The highest BCUT2D eigenvalue weighted by atomic mass is 16.7. The van der Waals surface area contributed by atoms with Gasteiger partial charge in [0.1, 0.15) is 0 Å². The van der Waals surface area contributed by atoms with Crippen LogP contribution >= 0.6 is 0 Å². The van der Waals surface area contributed by atoms with E-state index in [-0.39, 0.29) is 0 Å². The van der Waals surface area contributed by atoms with E-state index in [1.807, 2.05) is 0 Å². The fourth-order valence-corrected chi connectivity index (χ4v) is 0.563. The van der Waals surface area contributed by atoms with Gasteiger partial charge in [0, 0.05) is 27.2 Å². The third-order valence-electron chi connectivity index (χ3n) is 1.04. The second-order valence-corrected chi connectivity index (χ2v) is 1.81. The largest absolute Gasteiger partial charge is 0.639 e. The Bertz CT molecular complexity index is 134. The molecule has 62 valence electrons. The van der Waals surface area contributed by atoms with Gasteiger partial charge in [0.2, 0.25) is 0 Å². The minimum absolute atomic E-state index is 0.535. The first-order valence-corrected chi connectivity index (χ1v) is 3.42. The van der Waals surface area contributed by atoms with E-state index in [9.17, 15) is 0 Å². The molecule has 0 rings (SSSR count). The highest BCUT2D eigenvalue weighted by Gasteiger charge is 2.15. The van der Waals surface area contributed by atoms with Gasteiger partial charge in [0.15, 0.2) is 0 Å². The van der Waals surface area contributed by atoms with E-state index >= 15 is 0 Å². The molecule has 0 saturated heterocycles. The summed E-state index contributed by atoms with van der Waals surface area (Å²) < 4.78 is 14.7. The SMILES string of the molecule is CC#CCCOB(OC)OC. The smallest absolute Gasteiger partial charge is 0.389 e. The molecule has 11 heavy (non-hydrogen) atoms. The fourth-order valence-electron chi connectivity index (χ4n) is 0.563. The lowest BCUT2D eigenvalue weighted by Gasteiger charge is -2.06. The first-order valence-electron chi connectivity index (χ1n) is 3.42. The molecule has 0 atom stereocenters. The molecule has 3 nitrogen and oxygen atoms in total. The Morgan fingerprint density at radius 3 is 2.36 bits per heavy atom. The Hall–Kier alpha value is -0.495. The third kappa shape index (κ3) is 5.93. The number of hydrogen-bond acceptors (Lipinski definition) is 3. The van der Waals surface area contributed by atoms with Crippen LogP contribution in [0.2, 0.25) is 0 Å². The molecule has 0 N–H and O–H groups in total. The van der Waals surface area contributed by atoms with E-state index < -0.39 is 7.32 Å². The lowest BCUT2D eigenvalue weighted by atomic mass is 10.2. The lowest BCUT2D eigenvalue weighted by molar-refractivity contribution is 0.138. The van der Waals surface area contributed by atoms with E-state index in [4.69, 9.17) is 14.0 Å². The van der Waals surface area contributed by atoms with Gasteiger partial charge in [0.25, 0.3) is 0 Å². The molecule has 0 aliphatic heterocycles. The van der Waals surface area contributed by atoms with Crippen LogP contribution in [-0.4, -0.2) is 28.1 Å². The Balaban J connectivity index is 3.25. The van der Waals surface area contributed by atoms with Gasteiger partial charge in [0.05, 0.1) is 0 Å². The maximum atomic E-state index is 5.10. The number of hydrogen-bond donors (Lipinski definition) is 0. The quantitative estimate of drug-likeness (QED) is 0.333. The molecule has 0 heterocycles. The van der Waals surface area contributed by atoms with Crippen LogP contribution in [0.15, 0.2) is 0 Å². The Labute approximate surface area is 68.2 Å². The summed E-state index contributed by atoms with van der Waals surface area (Å²) in [5, 5.41) is 0. The Morgan fingerprint density at radius 2 is 1.91 bits per heavy atom. The average molecular weight is 156 g/mol. The monoisotopic (exact) mass is 156 g/mol. The molecular formula is C7H13BO3. The second kappa shape index (κ2) is 7.61. The molecule has 0 fully saturated rings. The van der Waals surface area contributed by atoms with Gasteiger partial charge in [-0.1, -0.05) is 0 Å². The third-order valence-corrected chi connectivity index (χ3v) is 1.04. The second-order valence-electron chi connectivity index (χ2n) is 1.81. The minimum atomic E-state index is -0.561. The van der Waals surface area contributed by atoms with Crippen LogP contribution in [0.5, 0.6) is 0 Å². The molecule has 0 aromatic carbocycles. The first kappa shape index (κ1) is 10.5. The summed E-state index contributed by atoms with van der Waals surface area (Å²) in [6, 6.07) is 0. The molecule has 4 heteroatoms. The van der Waals surface area contributed by atoms with E-state index in [1.165, 1.54) is 14.2 Å². The lowest BCUT2D eigenvalue weighted by Crippen LogP contribution is -2.24. The summed E-state index contributed by atoms with van der Waals surface area (Å²) in [5.74, 6) is 5.63. The Kier molecular flexibility index (Phi) is 7.27. The molecule has 0 saturated carbocycles. The molecule has 0 radical (unpaired) electrons. The molecule has 0 aliphatic carbocycles. The van der Waals surface area contributed by atoms with Crippen LogP contribution in [0.25, 0.3) is 0 Å². The molecule has 0 spiro atoms. The molecule has 0 amide bonds. The van der Waals surface area contributed by atoms with Crippen molar-refractivity contribution in [1.82, 2.24) is 0 Å². The molecule has 0 aromatic heterocycles. The van der Waals surface area contributed by atoms with Gasteiger partial charge in [-0.05, 0) is 6.92 Å². The zero-order valence-electron chi connectivity index (χ0n) is 7.22. The van der Waals surface area contributed by atoms with Crippen molar-refractivity contribution in [1.29, 1.82) is 0 Å². The van der Waals surface area contributed by atoms with E-state index in [0.29, 0.717) is 13.0 Å². The summed E-state index contributed by atoms with van der Waals surface area (Å²) in [7, 11) is 2.49. The predicted molar refractivity (Wildman–Crippen MR) is 43.8 cm³/mol. The zero-order valence-corrected chi connectivity index (χ0v) is 7.22. The van der Waals surface area contributed by atoms with Crippen LogP contribution in [-0.2, 0) is 14.0 Å². The predicted octanol–water partition coefficient (Wildman–Crippen LogP) is 0.694. The van der Waals surface area contributed by atoms with E-state index in [0.717, 1.165) is 0 Å². The van der Waals surface area contributed by atoms with Gasteiger partial charge in [-0.25, -0.2) is 0 Å². The van der Waals surface area contributed by atoms with Gasteiger partial charge in [-0.2, -0.15) is 0 Å². The van der Waals surface area contributed by atoms with E-state index in [2.05, 4.69) is 11.8 Å². The summed E-state index contributed by atoms with van der Waals surface area (Å²) in [6.45, 7) is 2.33. The fraction of sp³-hybridized carbons (Fsp3) is 0.714. The number of rotatable bonds is 5. The van der Waals surface area contributed by atoms with E-state index in [1.54, 1.807) is 6.92 Å². The van der Waals surface area contributed by atoms with Gasteiger partial charge < -0.3 is 14.0 Å². The van der Waals surface area contributed by atoms with Crippen molar-refractivity contribution in [3.05, 3.63) is 0 Å². The van der Waals surface area contributed by atoms with Crippen LogP contribution in [0.3, 0.4) is 0 Å². The molecular weight excluding hydrogens is 143 g/mol. The van der Waals surface area contributed by atoms with Crippen LogP contribution in [0, 0.1) is 11.8 Å². The van der Waals surface area contributed by atoms with Crippen LogP contribution in [0.1, 0.15) is 13.3 Å². The van der Waals surface area contributed by atoms with Crippen molar-refractivity contribution in [2.45, 2.75) is 13.3 Å². The highest BCUT2D eigenvalue weighted by molar-refractivity contribution is 6.36. The maximum Gasteiger partial charge on any atom is 0.639 e. The Morgan fingerprint density at radius 1 is 1.27 bits per heavy atom. The summed E-state index contributed by atoms with van der Waals surface area (Å²) >= 11 is 0. The minimum Gasteiger partial charge on any atom is -0.389 e. The van der Waals surface area contributed by atoms with Gasteiger partial charge in [-0.3, -0.25) is 0 Å². The maximum absolute atomic E-state index is 5.10. The molecule has 0 aliphatic rings. The van der Waals surface area contributed by atoms with Crippen molar-refractivity contribution >= 4 is 7.32 Å². The average Bonchev–Trinajstić information content (AvgIpc) is 2.05. The topological polar surface area (TPSA) is 27.7 Å². The summed E-state index contributed by atoms with van der Waals surface area (Å²) in [6.07, 6.45) is 0.708. The normalized spacial score (nSPS) is 8.64. The highest BCUT2D eigenvalue weighted by Crippen LogP contribution is 1.89. The summed E-state index contributed by atoms with van der Waals surface area (Å²) in [5.41, 5.74) is 0. The zero-order chi connectivity index (χ0) is 8.53. The van der Waals surface area contributed by atoms with Crippen LogP contribution in [0.4, 0.5) is 0 Å². The van der Waals surface area contributed by atoms with Crippen molar-refractivity contribution in [3.63, 3.8) is 0 Å². The van der Waals surface area contributed by atoms with Crippen molar-refractivity contribution in [2.24, 2.45) is 0 Å². The van der Waals surface area contributed by atoms with Crippen molar-refractivity contribution in [3.8, 4) is 11.8 Å². The standard InChI is InChI=1S/C7H13BO3/c1-4-5-6-7-11-8(9-2)10-3/h6-7H2,1-3H3. The van der Waals surface area contributed by atoms with Crippen LogP contribution < -0.4 is 0 Å².